The van der Waals surface area contributed by atoms with E-state index in [9.17, 15) is 14.0 Å². The van der Waals surface area contributed by atoms with Gasteiger partial charge >= 0.3 is 0 Å². The summed E-state index contributed by atoms with van der Waals surface area (Å²) in [5.41, 5.74) is 0.0592. The predicted octanol–water partition coefficient (Wildman–Crippen LogP) is 3.76. The number of piperidine rings is 1. The summed E-state index contributed by atoms with van der Waals surface area (Å²) in [5, 5.41) is 6.29. The molecule has 1 aliphatic carbocycles. The van der Waals surface area contributed by atoms with E-state index in [2.05, 4.69) is 29.4 Å². The van der Waals surface area contributed by atoms with Crippen LogP contribution in [0.15, 0.2) is 18.2 Å². The van der Waals surface area contributed by atoms with Gasteiger partial charge in [0.1, 0.15) is 5.82 Å². The quantitative estimate of drug-likeness (QED) is 0.775. The number of benzene rings is 1. The zero-order valence-electron chi connectivity index (χ0n) is 17.8. The molecule has 0 radical (unpaired) electrons. The van der Waals surface area contributed by atoms with Gasteiger partial charge in [0.25, 0.3) is 5.91 Å². The summed E-state index contributed by atoms with van der Waals surface area (Å²) < 4.78 is 13.5. The van der Waals surface area contributed by atoms with Crippen molar-refractivity contribution < 1.29 is 14.0 Å². The number of amides is 2. The van der Waals surface area contributed by atoms with Crippen LogP contribution >= 0.6 is 11.6 Å². The van der Waals surface area contributed by atoms with Crippen molar-refractivity contribution in [2.75, 3.05) is 6.54 Å². The average Bonchev–Trinajstić information content (AvgIpc) is 3.19. The number of likely N-dealkylation sites (tertiary alicyclic amines) is 1. The third-order valence-corrected chi connectivity index (χ3v) is 6.21. The molecule has 2 amide bonds. The normalized spacial score (nSPS) is 29.6. The zero-order chi connectivity index (χ0) is 21.6. The third kappa shape index (κ3) is 5.28. The van der Waals surface area contributed by atoms with Crippen LogP contribution < -0.4 is 10.6 Å². The van der Waals surface area contributed by atoms with E-state index in [-0.39, 0.29) is 51.5 Å². The molecule has 1 aliphatic heterocycles. The highest BCUT2D eigenvalue weighted by atomic mass is 35.5. The van der Waals surface area contributed by atoms with Gasteiger partial charge in [0.15, 0.2) is 0 Å². The van der Waals surface area contributed by atoms with Crippen molar-refractivity contribution in [1.29, 1.82) is 0 Å². The van der Waals surface area contributed by atoms with E-state index >= 15 is 0 Å². The number of rotatable bonds is 4. The Morgan fingerprint density at radius 1 is 1.17 bits per heavy atom. The number of nitrogens with zero attached hydrogens (tertiary/aromatic N) is 1. The van der Waals surface area contributed by atoms with E-state index in [1.54, 1.807) is 0 Å². The lowest BCUT2D eigenvalue weighted by molar-refractivity contribution is -0.125. The molecule has 1 spiro atoms. The molecular formula is C22H31ClFN3O2. The van der Waals surface area contributed by atoms with E-state index in [1.807, 2.05) is 20.8 Å². The van der Waals surface area contributed by atoms with Gasteiger partial charge in [-0.05, 0) is 77.5 Å². The maximum Gasteiger partial charge on any atom is 0.251 e. The van der Waals surface area contributed by atoms with Gasteiger partial charge < -0.3 is 10.6 Å². The van der Waals surface area contributed by atoms with Crippen LogP contribution in [0.25, 0.3) is 0 Å². The van der Waals surface area contributed by atoms with Crippen molar-refractivity contribution in [2.24, 2.45) is 5.41 Å². The van der Waals surface area contributed by atoms with Crippen molar-refractivity contribution in [3.63, 3.8) is 0 Å². The monoisotopic (exact) mass is 423 g/mol. The fourth-order valence-corrected chi connectivity index (χ4v) is 5.02. The number of hydrogen-bond acceptors (Lipinski definition) is 3. The minimum absolute atomic E-state index is 0.0378. The largest absolute Gasteiger partial charge is 0.350 e. The Labute approximate surface area is 177 Å². The Hall–Kier alpha value is -1.66. The van der Waals surface area contributed by atoms with Crippen molar-refractivity contribution in [2.45, 2.75) is 77.5 Å². The van der Waals surface area contributed by atoms with Crippen molar-refractivity contribution >= 4 is 23.4 Å². The third-order valence-electron chi connectivity index (χ3n) is 6.00. The van der Waals surface area contributed by atoms with Gasteiger partial charge in [-0.3, -0.25) is 14.5 Å². The molecular weight excluding hydrogens is 393 g/mol. The highest BCUT2D eigenvalue weighted by Gasteiger charge is 2.58. The van der Waals surface area contributed by atoms with Gasteiger partial charge in [-0.2, -0.15) is 0 Å². The van der Waals surface area contributed by atoms with Crippen molar-refractivity contribution in [3.8, 4) is 0 Å². The summed E-state index contributed by atoms with van der Waals surface area (Å²) in [5.74, 6) is -0.770. The molecule has 2 N–H and O–H groups in total. The van der Waals surface area contributed by atoms with E-state index < -0.39 is 5.82 Å². The first-order valence-corrected chi connectivity index (χ1v) is 10.6. The molecule has 160 valence electrons. The highest BCUT2D eigenvalue weighted by Crippen LogP contribution is 2.56. The second-order valence-corrected chi connectivity index (χ2v) is 10.3. The van der Waals surface area contributed by atoms with Crippen LogP contribution in [0.1, 0.15) is 64.2 Å². The molecule has 2 aliphatic rings. The summed E-state index contributed by atoms with van der Waals surface area (Å²) in [6.45, 7) is 10.6. The molecule has 1 saturated heterocycles. The molecule has 0 aromatic heterocycles. The fourth-order valence-electron chi connectivity index (χ4n) is 4.79. The maximum atomic E-state index is 13.5. The summed E-state index contributed by atoms with van der Waals surface area (Å²) in [7, 11) is 0. The topological polar surface area (TPSA) is 61.4 Å². The van der Waals surface area contributed by atoms with Crippen LogP contribution in [0, 0.1) is 11.2 Å². The molecule has 1 aromatic carbocycles. The summed E-state index contributed by atoms with van der Waals surface area (Å²) in [4.78, 5) is 27.1. The maximum absolute atomic E-state index is 13.5. The van der Waals surface area contributed by atoms with Crippen LogP contribution in [0.2, 0.25) is 5.02 Å². The second-order valence-electron chi connectivity index (χ2n) is 9.83. The fraction of sp³-hybridized carbons (Fsp3) is 0.636. The molecule has 0 bridgehead atoms. The SMILES string of the molecule is CC1CC2(CC(C)N1CC(=O)NC(C)(C)C)CC2NC(=O)c1cc(F)cc(Cl)c1. The molecule has 1 saturated carbocycles. The standard InChI is InChI=1S/C22H31ClFN3O2/c1-13-9-22(10-14(2)27(13)12-19(28)26-21(3,4)5)11-18(22)25-20(29)15-6-16(23)8-17(24)7-15/h6-8,13-14,18H,9-12H2,1-5H3,(H,25,29)(H,26,28). The molecule has 2 fully saturated rings. The molecule has 7 heteroatoms. The molecule has 5 nitrogen and oxygen atoms in total. The first kappa shape index (κ1) is 22.0. The van der Waals surface area contributed by atoms with Crippen molar-refractivity contribution in [1.82, 2.24) is 15.5 Å². The highest BCUT2D eigenvalue weighted by molar-refractivity contribution is 6.31. The first-order valence-electron chi connectivity index (χ1n) is 10.2. The number of carbonyl (C=O) groups is 2. The Morgan fingerprint density at radius 3 is 2.34 bits per heavy atom. The summed E-state index contributed by atoms with van der Waals surface area (Å²) in [6, 6.07) is 4.44. The summed E-state index contributed by atoms with van der Waals surface area (Å²) >= 11 is 5.87. The lowest BCUT2D eigenvalue weighted by Gasteiger charge is -2.43. The Kier molecular flexibility index (Phi) is 5.98. The number of carbonyl (C=O) groups excluding carboxylic acids is 2. The van der Waals surface area contributed by atoms with Gasteiger partial charge in [0, 0.05) is 34.3 Å². The summed E-state index contributed by atoms with van der Waals surface area (Å²) in [6.07, 6.45) is 2.77. The second kappa shape index (κ2) is 7.88. The van der Waals surface area contributed by atoms with E-state index in [0.717, 1.165) is 19.3 Å². The van der Waals surface area contributed by atoms with E-state index in [0.29, 0.717) is 6.54 Å². The zero-order valence-corrected chi connectivity index (χ0v) is 18.6. The molecule has 29 heavy (non-hydrogen) atoms. The van der Waals surface area contributed by atoms with Crippen LogP contribution in [0.3, 0.4) is 0 Å². The van der Waals surface area contributed by atoms with Gasteiger partial charge in [0.2, 0.25) is 5.91 Å². The van der Waals surface area contributed by atoms with Gasteiger partial charge in [-0.15, -0.1) is 0 Å². The molecule has 3 unspecified atom stereocenters. The van der Waals surface area contributed by atoms with Crippen LogP contribution in [-0.4, -0.2) is 46.9 Å². The Morgan fingerprint density at radius 2 is 1.79 bits per heavy atom. The van der Waals surface area contributed by atoms with Crippen LogP contribution in [-0.2, 0) is 4.79 Å². The lowest BCUT2D eigenvalue weighted by Crippen LogP contribution is -2.54. The molecule has 3 rings (SSSR count). The lowest BCUT2D eigenvalue weighted by atomic mass is 9.83. The van der Waals surface area contributed by atoms with Gasteiger partial charge in [-0.1, -0.05) is 11.6 Å². The minimum atomic E-state index is -0.516. The first-order chi connectivity index (χ1) is 13.4. The van der Waals surface area contributed by atoms with Crippen LogP contribution in [0.4, 0.5) is 4.39 Å². The van der Waals surface area contributed by atoms with E-state index in [4.69, 9.17) is 11.6 Å². The number of hydrogen-bond donors (Lipinski definition) is 2. The molecule has 1 aromatic rings. The Balaban J connectivity index is 1.59. The van der Waals surface area contributed by atoms with Crippen LogP contribution in [0.5, 0.6) is 0 Å². The number of halogens is 2. The smallest absolute Gasteiger partial charge is 0.251 e. The molecule has 1 heterocycles. The van der Waals surface area contributed by atoms with Gasteiger partial charge in [-0.25, -0.2) is 4.39 Å². The average molecular weight is 424 g/mol. The predicted molar refractivity (Wildman–Crippen MR) is 112 cm³/mol. The minimum Gasteiger partial charge on any atom is -0.350 e. The number of nitrogens with one attached hydrogen (secondary N) is 2. The van der Waals surface area contributed by atoms with Gasteiger partial charge in [0.05, 0.1) is 6.54 Å². The molecule has 3 atom stereocenters. The van der Waals surface area contributed by atoms with E-state index in [1.165, 1.54) is 18.2 Å². The Bertz CT molecular complexity index is 775. The van der Waals surface area contributed by atoms with Crippen molar-refractivity contribution in [3.05, 3.63) is 34.6 Å².